The third-order valence-corrected chi connectivity index (χ3v) is 2.95. The van der Waals surface area contributed by atoms with E-state index in [1.54, 1.807) is 12.1 Å². The Morgan fingerprint density at radius 2 is 1.84 bits per heavy atom. The fourth-order valence-electron chi connectivity index (χ4n) is 2.02. The summed E-state index contributed by atoms with van der Waals surface area (Å²) in [6.07, 6.45) is 0. The number of aryl methyl sites for hydroxylation is 1. The molecular formula is C16H16O3. The lowest BCUT2D eigenvalue weighted by Crippen LogP contribution is -1.97. The Kier molecular flexibility index (Phi) is 3.85. The predicted octanol–water partition coefficient (Wildman–Crippen LogP) is 3.76. The second kappa shape index (κ2) is 5.57. The quantitative estimate of drug-likeness (QED) is 0.906. The first kappa shape index (κ1) is 13.1. The second-order valence-electron chi connectivity index (χ2n) is 4.29. The third kappa shape index (κ3) is 2.94. The van der Waals surface area contributed by atoms with Gasteiger partial charge < -0.3 is 9.84 Å². The molecule has 0 bridgehead atoms. The van der Waals surface area contributed by atoms with Crippen molar-refractivity contribution in [3.8, 4) is 16.9 Å². The fraction of sp³-hybridized carbons (Fsp3) is 0.188. The highest BCUT2D eigenvalue weighted by Crippen LogP contribution is 2.26. The van der Waals surface area contributed by atoms with E-state index in [-0.39, 0.29) is 0 Å². The lowest BCUT2D eigenvalue weighted by Gasteiger charge is -2.08. The minimum Gasteiger partial charge on any atom is -0.494 e. The molecule has 0 atom stereocenters. The second-order valence-corrected chi connectivity index (χ2v) is 4.29. The zero-order valence-corrected chi connectivity index (χ0v) is 11.0. The molecule has 0 saturated carbocycles. The molecule has 0 amide bonds. The summed E-state index contributed by atoms with van der Waals surface area (Å²) in [5.41, 5.74) is 3.35. The number of benzene rings is 2. The van der Waals surface area contributed by atoms with Crippen molar-refractivity contribution in [2.45, 2.75) is 13.8 Å². The van der Waals surface area contributed by atoms with Crippen molar-refractivity contribution in [1.29, 1.82) is 0 Å². The molecule has 0 heterocycles. The highest BCUT2D eigenvalue weighted by atomic mass is 16.5. The van der Waals surface area contributed by atoms with Crippen molar-refractivity contribution in [2.24, 2.45) is 0 Å². The standard InChI is InChI=1S/C16H16O3/c1-3-19-14-7-4-12(5-8-14)15-9-6-13(16(17)18)10-11(15)2/h4-10H,3H2,1-2H3,(H,17,18). The number of carboxylic acids is 1. The number of carboxylic acid groups (broad SMARTS) is 1. The molecule has 3 nitrogen and oxygen atoms in total. The summed E-state index contributed by atoms with van der Waals surface area (Å²) in [5, 5.41) is 8.95. The minimum absolute atomic E-state index is 0.312. The maximum atomic E-state index is 10.9. The van der Waals surface area contributed by atoms with Gasteiger partial charge >= 0.3 is 5.97 Å². The van der Waals surface area contributed by atoms with Gasteiger partial charge in [0.2, 0.25) is 0 Å². The van der Waals surface area contributed by atoms with Crippen LogP contribution in [0.2, 0.25) is 0 Å². The molecule has 0 aromatic heterocycles. The van der Waals surface area contributed by atoms with Crippen LogP contribution in [0.15, 0.2) is 42.5 Å². The SMILES string of the molecule is CCOc1ccc(-c2ccc(C(=O)O)cc2C)cc1. The van der Waals surface area contributed by atoms with Gasteiger partial charge in [0.25, 0.3) is 0 Å². The smallest absolute Gasteiger partial charge is 0.335 e. The number of rotatable bonds is 4. The van der Waals surface area contributed by atoms with Gasteiger partial charge in [-0.1, -0.05) is 18.2 Å². The maximum absolute atomic E-state index is 10.9. The van der Waals surface area contributed by atoms with E-state index in [4.69, 9.17) is 9.84 Å². The fourth-order valence-corrected chi connectivity index (χ4v) is 2.02. The van der Waals surface area contributed by atoms with E-state index in [1.807, 2.05) is 44.2 Å². The molecule has 0 saturated heterocycles. The van der Waals surface area contributed by atoms with Gasteiger partial charge in [0, 0.05) is 0 Å². The molecule has 3 heteroatoms. The van der Waals surface area contributed by atoms with E-state index in [0.717, 1.165) is 22.4 Å². The number of aromatic carboxylic acids is 1. The topological polar surface area (TPSA) is 46.5 Å². The lowest BCUT2D eigenvalue weighted by atomic mass is 9.98. The molecule has 98 valence electrons. The largest absolute Gasteiger partial charge is 0.494 e. The number of hydrogen-bond acceptors (Lipinski definition) is 2. The van der Waals surface area contributed by atoms with Crippen molar-refractivity contribution in [3.05, 3.63) is 53.6 Å². The molecule has 2 rings (SSSR count). The van der Waals surface area contributed by atoms with E-state index in [2.05, 4.69) is 0 Å². The summed E-state index contributed by atoms with van der Waals surface area (Å²) in [7, 11) is 0. The molecule has 0 spiro atoms. The van der Waals surface area contributed by atoms with Gasteiger partial charge in [-0.05, 0) is 54.8 Å². The molecule has 0 unspecified atom stereocenters. The summed E-state index contributed by atoms with van der Waals surface area (Å²) in [4.78, 5) is 10.9. The van der Waals surface area contributed by atoms with Gasteiger partial charge in [-0.15, -0.1) is 0 Å². The first-order valence-corrected chi connectivity index (χ1v) is 6.19. The highest BCUT2D eigenvalue weighted by Gasteiger charge is 2.07. The highest BCUT2D eigenvalue weighted by molar-refractivity contribution is 5.89. The zero-order chi connectivity index (χ0) is 13.8. The van der Waals surface area contributed by atoms with Crippen LogP contribution in [0.4, 0.5) is 0 Å². The molecule has 0 aliphatic heterocycles. The Morgan fingerprint density at radius 1 is 1.16 bits per heavy atom. The summed E-state index contributed by atoms with van der Waals surface area (Å²) >= 11 is 0. The van der Waals surface area contributed by atoms with Crippen LogP contribution in [0, 0.1) is 6.92 Å². The van der Waals surface area contributed by atoms with Crippen LogP contribution in [0.3, 0.4) is 0 Å². The number of ether oxygens (including phenoxy) is 1. The van der Waals surface area contributed by atoms with Gasteiger partial charge in [-0.3, -0.25) is 0 Å². The average molecular weight is 256 g/mol. The third-order valence-electron chi connectivity index (χ3n) is 2.95. The Labute approximate surface area is 112 Å². The summed E-state index contributed by atoms with van der Waals surface area (Å²) in [6.45, 7) is 4.51. The van der Waals surface area contributed by atoms with E-state index in [9.17, 15) is 4.79 Å². The normalized spacial score (nSPS) is 10.2. The molecule has 0 aliphatic rings. The summed E-state index contributed by atoms with van der Waals surface area (Å²) in [5.74, 6) is -0.0626. The van der Waals surface area contributed by atoms with E-state index in [1.165, 1.54) is 0 Å². The van der Waals surface area contributed by atoms with Crippen LogP contribution < -0.4 is 4.74 Å². The van der Waals surface area contributed by atoms with Crippen LogP contribution in [0.5, 0.6) is 5.75 Å². The molecule has 19 heavy (non-hydrogen) atoms. The average Bonchev–Trinajstić information content (AvgIpc) is 2.40. The predicted molar refractivity (Wildman–Crippen MR) is 74.7 cm³/mol. The van der Waals surface area contributed by atoms with Crippen LogP contribution in [0.1, 0.15) is 22.8 Å². The van der Waals surface area contributed by atoms with Gasteiger partial charge in [0.1, 0.15) is 5.75 Å². The van der Waals surface area contributed by atoms with Crippen molar-refractivity contribution in [2.75, 3.05) is 6.61 Å². The molecule has 1 N–H and O–H groups in total. The van der Waals surface area contributed by atoms with E-state index < -0.39 is 5.97 Å². The van der Waals surface area contributed by atoms with E-state index >= 15 is 0 Å². The molecule has 2 aromatic rings. The lowest BCUT2D eigenvalue weighted by molar-refractivity contribution is 0.0697. The van der Waals surface area contributed by atoms with Gasteiger partial charge in [0.05, 0.1) is 12.2 Å². The van der Waals surface area contributed by atoms with Gasteiger partial charge in [-0.25, -0.2) is 4.79 Å². The van der Waals surface area contributed by atoms with Crippen molar-refractivity contribution in [1.82, 2.24) is 0 Å². The molecule has 0 radical (unpaired) electrons. The first-order valence-electron chi connectivity index (χ1n) is 6.19. The molecular weight excluding hydrogens is 240 g/mol. The van der Waals surface area contributed by atoms with Crippen LogP contribution in [0.25, 0.3) is 11.1 Å². The number of hydrogen-bond donors (Lipinski definition) is 1. The monoisotopic (exact) mass is 256 g/mol. The van der Waals surface area contributed by atoms with Crippen LogP contribution in [-0.2, 0) is 0 Å². The Morgan fingerprint density at radius 3 is 2.37 bits per heavy atom. The molecule has 2 aromatic carbocycles. The van der Waals surface area contributed by atoms with Gasteiger partial charge in [0.15, 0.2) is 0 Å². The summed E-state index contributed by atoms with van der Waals surface area (Å²) < 4.78 is 5.40. The maximum Gasteiger partial charge on any atom is 0.335 e. The first-order chi connectivity index (χ1) is 9.11. The molecule has 0 fully saturated rings. The summed E-state index contributed by atoms with van der Waals surface area (Å²) in [6, 6.07) is 13.0. The van der Waals surface area contributed by atoms with E-state index in [0.29, 0.717) is 12.2 Å². The van der Waals surface area contributed by atoms with Crippen LogP contribution in [-0.4, -0.2) is 17.7 Å². The minimum atomic E-state index is -0.902. The zero-order valence-electron chi connectivity index (χ0n) is 11.0. The molecule has 0 aliphatic carbocycles. The Bertz CT molecular complexity index is 585. The van der Waals surface area contributed by atoms with Crippen molar-refractivity contribution in [3.63, 3.8) is 0 Å². The number of carbonyl (C=O) groups is 1. The van der Waals surface area contributed by atoms with Crippen LogP contribution >= 0.6 is 0 Å². The Balaban J connectivity index is 2.33. The van der Waals surface area contributed by atoms with Crippen molar-refractivity contribution >= 4 is 5.97 Å². The van der Waals surface area contributed by atoms with Gasteiger partial charge in [-0.2, -0.15) is 0 Å². The van der Waals surface area contributed by atoms with Crippen molar-refractivity contribution < 1.29 is 14.6 Å². The Hall–Kier alpha value is -2.29.